The molecule has 2 aromatic rings. The Morgan fingerprint density at radius 1 is 1.19 bits per heavy atom. The van der Waals surface area contributed by atoms with Gasteiger partial charge in [0.2, 0.25) is 0 Å². The highest BCUT2D eigenvalue weighted by Gasteiger charge is 2.20. The molecule has 136 valence electrons. The number of hydrogen-bond acceptors (Lipinski definition) is 3. The molecule has 0 aliphatic carbocycles. The maximum Gasteiger partial charge on any atom is 0.337 e. The van der Waals surface area contributed by atoms with Gasteiger partial charge in [-0.1, -0.05) is 18.5 Å². The smallest absolute Gasteiger partial charge is 0.337 e. The molecular formula is C20H21ClN2O3. The molecule has 0 spiro atoms. The van der Waals surface area contributed by atoms with Crippen LogP contribution >= 0.6 is 11.6 Å². The summed E-state index contributed by atoms with van der Waals surface area (Å²) in [6.07, 6.45) is 2.29. The molecule has 0 bridgehead atoms. The van der Waals surface area contributed by atoms with E-state index in [4.69, 9.17) is 11.6 Å². The highest BCUT2D eigenvalue weighted by molar-refractivity contribution is 6.30. The van der Waals surface area contributed by atoms with Crippen molar-refractivity contribution >= 4 is 34.9 Å². The van der Waals surface area contributed by atoms with Crippen LogP contribution in [0.4, 0.5) is 11.4 Å². The monoisotopic (exact) mass is 372 g/mol. The average molecular weight is 373 g/mol. The normalized spacial score (nSPS) is 17.0. The van der Waals surface area contributed by atoms with Crippen molar-refractivity contribution in [2.24, 2.45) is 5.92 Å². The first-order chi connectivity index (χ1) is 12.4. The summed E-state index contributed by atoms with van der Waals surface area (Å²) >= 11 is 5.83. The summed E-state index contributed by atoms with van der Waals surface area (Å²) < 4.78 is 0. The summed E-state index contributed by atoms with van der Waals surface area (Å²) in [5.41, 5.74) is 1.66. The second-order valence-electron chi connectivity index (χ2n) is 6.69. The van der Waals surface area contributed by atoms with Crippen LogP contribution in [0.5, 0.6) is 0 Å². The largest absolute Gasteiger partial charge is 0.478 e. The van der Waals surface area contributed by atoms with Crippen LogP contribution in [0, 0.1) is 5.92 Å². The minimum absolute atomic E-state index is 0.0861. The number of amides is 1. The predicted octanol–water partition coefficient (Wildman–Crippen LogP) is 4.53. The third-order valence-corrected chi connectivity index (χ3v) is 4.86. The first-order valence-corrected chi connectivity index (χ1v) is 9.01. The summed E-state index contributed by atoms with van der Waals surface area (Å²) in [7, 11) is 0. The number of piperidine rings is 1. The third kappa shape index (κ3) is 4.17. The molecule has 0 radical (unpaired) electrons. The van der Waals surface area contributed by atoms with Gasteiger partial charge in [-0.25, -0.2) is 4.79 Å². The Morgan fingerprint density at radius 2 is 1.92 bits per heavy atom. The zero-order valence-corrected chi connectivity index (χ0v) is 15.3. The average Bonchev–Trinajstić information content (AvgIpc) is 2.62. The van der Waals surface area contributed by atoms with E-state index in [9.17, 15) is 14.7 Å². The van der Waals surface area contributed by atoms with Crippen molar-refractivity contribution < 1.29 is 14.7 Å². The van der Waals surface area contributed by atoms with Gasteiger partial charge >= 0.3 is 5.97 Å². The molecule has 1 fully saturated rings. The number of benzene rings is 2. The van der Waals surface area contributed by atoms with E-state index in [0.29, 0.717) is 16.5 Å². The molecule has 1 heterocycles. The quantitative estimate of drug-likeness (QED) is 0.827. The number of carboxylic acids is 1. The van der Waals surface area contributed by atoms with Gasteiger partial charge in [0, 0.05) is 29.4 Å². The molecule has 0 saturated carbocycles. The van der Waals surface area contributed by atoms with Gasteiger partial charge in [-0.2, -0.15) is 0 Å². The van der Waals surface area contributed by atoms with E-state index in [-0.39, 0.29) is 17.2 Å². The zero-order valence-electron chi connectivity index (χ0n) is 14.5. The van der Waals surface area contributed by atoms with Crippen LogP contribution in [-0.2, 0) is 0 Å². The van der Waals surface area contributed by atoms with E-state index in [1.165, 1.54) is 6.42 Å². The summed E-state index contributed by atoms with van der Waals surface area (Å²) in [6, 6.07) is 11.6. The van der Waals surface area contributed by atoms with Gasteiger partial charge in [-0.3, -0.25) is 4.79 Å². The van der Waals surface area contributed by atoms with Gasteiger partial charge in [0.15, 0.2) is 0 Å². The predicted molar refractivity (Wildman–Crippen MR) is 103 cm³/mol. The fraction of sp³-hybridized carbons (Fsp3) is 0.300. The lowest BCUT2D eigenvalue weighted by Gasteiger charge is -2.33. The Kier molecular flexibility index (Phi) is 5.47. The van der Waals surface area contributed by atoms with Crippen LogP contribution in [0.25, 0.3) is 0 Å². The van der Waals surface area contributed by atoms with E-state index in [0.717, 1.165) is 25.2 Å². The maximum atomic E-state index is 12.4. The maximum absolute atomic E-state index is 12.4. The second-order valence-corrected chi connectivity index (χ2v) is 7.13. The molecule has 1 aliphatic heterocycles. The SMILES string of the molecule is C[C@H]1CCCN(c2ccc(NC(=O)c3ccc(Cl)cc3)c(C(=O)O)c2)C1. The Balaban J connectivity index is 1.84. The highest BCUT2D eigenvalue weighted by atomic mass is 35.5. The lowest BCUT2D eigenvalue weighted by molar-refractivity contribution is 0.0698. The molecule has 1 amide bonds. The fourth-order valence-electron chi connectivity index (χ4n) is 3.23. The Morgan fingerprint density at radius 3 is 2.58 bits per heavy atom. The van der Waals surface area contributed by atoms with Crippen molar-refractivity contribution in [1.82, 2.24) is 0 Å². The van der Waals surface area contributed by atoms with Gasteiger partial charge in [-0.15, -0.1) is 0 Å². The van der Waals surface area contributed by atoms with E-state index < -0.39 is 5.97 Å². The molecule has 2 N–H and O–H groups in total. The molecule has 3 rings (SSSR count). The number of hydrogen-bond donors (Lipinski definition) is 2. The molecule has 5 nitrogen and oxygen atoms in total. The van der Waals surface area contributed by atoms with Crippen LogP contribution in [-0.4, -0.2) is 30.1 Å². The van der Waals surface area contributed by atoms with Crippen LogP contribution in [0.1, 0.15) is 40.5 Å². The van der Waals surface area contributed by atoms with Crippen molar-refractivity contribution in [2.45, 2.75) is 19.8 Å². The number of aromatic carboxylic acids is 1. The van der Waals surface area contributed by atoms with Gasteiger partial charge in [0.05, 0.1) is 11.3 Å². The van der Waals surface area contributed by atoms with Crippen LogP contribution in [0.3, 0.4) is 0 Å². The van der Waals surface area contributed by atoms with Crippen LogP contribution in [0.2, 0.25) is 5.02 Å². The number of carbonyl (C=O) groups excluding carboxylic acids is 1. The molecule has 1 aliphatic rings. The fourth-order valence-corrected chi connectivity index (χ4v) is 3.36. The molecule has 6 heteroatoms. The highest BCUT2D eigenvalue weighted by Crippen LogP contribution is 2.28. The lowest BCUT2D eigenvalue weighted by Crippen LogP contribution is -2.34. The Labute approximate surface area is 157 Å². The van der Waals surface area contributed by atoms with E-state index in [1.807, 2.05) is 6.07 Å². The van der Waals surface area contributed by atoms with Gasteiger partial charge < -0.3 is 15.3 Å². The summed E-state index contributed by atoms with van der Waals surface area (Å²) in [6.45, 7) is 4.03. The van der Waals surface area contributed by atoms with Crippen molar-refractivity contribution in [2.75, 3.05) is 23.3 Å². The molecule has 2 aromatic carbocycles. The van der Waals surface area contributed by atoms with Crippen LogP contribution in [0.15, 0.2) is 42.5 Å². The summed E-state index contributed by atoms with van der Waals surface area (Å²) in [5.74, 6) is -0.854. The topological polar surface area (TPSA) is 69.6 Å². The number of rotatable bonds is 4. The molecule has 0 aromatic heterocycles. The van der Waals surface area contributed by atoms with Crippen LogP contribution < -0.4 is 10.2 Å². The van der Waals surface area contributed by atoms with E-state index in [2.05, 4.69) is 17.1 Å². The Bertz CT molecular complexity index is 820. The van der Waals surface area contributed by atoms with E-state index in [1.54, 1.807) is 36.4 Å². The number of nitrogens with zero attached hydrogens (tertiary/aromatic N) is 1. The van der Waals surface area contributed by atoms with Crippen molar-refractivity contribution in [3.63, 3.8) is 0 Å². The molecule has 26 heavy (non-hydrogen) atoms. The molecular weight excluding hydrogens is 352 g/mol. The zero-order chi connectivity index (χ0) is 18.7. The molecule has 0 unspecified atom stereocenters. The first-order valence-electron chi connectivity index (χ1n) is 8.63. The summed E-state index contributed by atoms with van der Waals surface area (Å²) in [5, 5.41) is 12.8. The lowest BCUT2D eigenvalue weighted by atomic mass is 9.99. The number of nitrogens with one attached hydrogen (secondary N) is 1. The van der Waals surface area contributed by atoms with Gasteiger partial charge in [0.1, 0.15) is 0 Å². The minimum Gasteiger partial charge on any atom is -0.478 e. The standard InChI is InChI=1S/C20H21ClN2O3/c1-13-3-2-10-23(12-13)16-8-9-18(17(11-16)20(25)26)22-19(24)14-4-6-15(21)7-5-14/h4-9,11,13H,2-3,10,12H2,1H3,(H,22,24)(H,25,26)/t13-/m0/s1. The summed E-state index contributed by atoms with van der Waals surface area (Å²) in [4.78, 5) is 26.3. The third-order valence-electron chi connectivity index (χ3n) is 4.61. The number of carbonyl (C=O) groups is 2. The number of carboxylic acid groups (broad SMARTS) is 1. The second kappa shape index (κ2) is 7.79. The van der Waals surface area contributed by atoms with Gasteiger partial charge in [-0.05, 0) is 61.2 Å². The van der Waals surface area contributed by atoms with Gasteiger partial charge in [0.25, 0.3) is 5.91 Å². The first kappa shape index (κ1) is 18.3. The Hall–Kier alpha value is -2.53. The molecule has 1 atom stereocenters. The van der Waals surface area contributed by atoms with Crippen molar-refractivity contribution in [3.8, 4) is 0 Å². The number of anilines is 2. The van der Waals surface area contributed by atoms with E-state index >= 15 is 0 Å². The minimum atomic E-state index is -1.07. The number of halogens is 1. The van der Waals surface area contributed by atoms with Crippen molar-refractivity contribution in [1.29, 1.82) is 0 Å². The molecule has 1 saturated heterocycles. The van der Waals surface area contributed by atoms with Crippen molar-refractivity contribution in [3.05, 3.63) is 58.6 Å².